The summed E-state index contributed by atoms with van der Waals surface area (Å²) < 4.78 is 7.27. The van der Waals surface area contributed by atoms with Crippen LogP contribution in [-0.4, -0.2) is 37.2 Å². The topological polar surface area (TPSA) is 24.5 Å². The quantitative estimate of drug-likeness (QED) is 0.628. The van der Waals surface area contributed by atoms with Crippen molar-refractivity contribution in [3.63, 3.8) is 0 Å². The Kier molecular flexibility index (Phi) is 8.24. The molecule has 0 saturated carbocycles. The summed E-state index contributed by atoms with van der Waals surface area (Å²) in [5.74, 6) is 0.838. The van der Waals surface area contributed by atoms with Gasteiger partial charge < -0.3 is 10.1 Å². The van der Waals surface area contributed by atoms with Crippen LogP contribution < -0.4 is 10.1 Å². The van der Waals surface area contributed by atoms with Crippen molar-refractivity contribution in [1.29, 1.82) is 0 Å². The van der Waals surface area contributed by atoms with E-state index < -0.39 is 0 Å². The molecular weight excluding hydrogens is 396 g/mol. The fraction of sp³-hybridized carbons (Fsp3) is 0.625. The van der Waals surface area contributed by atoms with Gasteiger partial charge in [0.25, 0.3) is 0 Å². The van der Waals surface area contributed by atoms with Crippen LogP contribution in [0.3, 0.4) is 0 Å². The smallest absolute Gasteiger partial charge is 0.147 e. The number of ether oxygens (including phenoxy) is 1. The number of rotatable bonds is 8. The molecule has 0 spiro atoms. The van der Waals surface area contributed by atoms with Crippen molar-refractivity contribution < 1.29 is 4.74 Å². The minimum Gasteiger partial charge on any atom is -0.494 e. The van der Waals surface area contributed by atoms with Crippen molar-refractivity contribution in [3.8, 4) is 5.75 Å². The second kappa shape index (κ2) is 9.13. The first-order chi connectivity index (χ1) is 9.86. The van der Waals surface area contributed by atoms with E-state index in [1.54, 1.807) is 7.11 Å². The molecule has 0 saturated heterocycles. The van der Waals surface area contributed by atoms with E-state index in [2.05, 4.69) is 81.9 Å². The SMILES string of the molecule is COc1c(Br)cc(CNCCN(C(C)C)C(C)C)cc1Br. The van der Waals surface area contributed by atoms with Crippen molar-refractivity contribution in [2.45, 2.75) is 46.3 Å². The number of benzene rings is 1. The van der Waals surface area contributed by atoms with Crippen molar-refractivity contribution in [2.24, 2.45) is 0 Å². The van der Waals surface area contributed by atoms with Gasteiger partial charge in [0, 0.05) is 31.7 Å². The van der Waals surface area contributed by atoms with Gasteiger partial charge in [-0.05, 0) is 77.3 Å². The Morgan fingerprint density at radius 1 is 1.10 bits per heavy atom. The van der Waals surface area contributed by atoms with Gasteiger partial charge in [-0.25, -0.2) is 0 Å². The zero-order chi connectivity index (χ0) is 16.0. The number of halogens is 2. The van der Waals surface area contributed by atoms with E-state index >= 15 is 0 Å². The maximum absolute atomic E-state index is 5.32. The van der Waals surface area contributed by atoms with Crippen LogP contribution >= 0.6 is 31.9 Å². The molecule has 3 nitrogen and oxygen atoms in total. The van der Waals surface area contributed by atoms with Crippen molar-refractivity contribution >= 4 is 31.9 Å². The molecule has 0 atom stereocenters. The first-order valence-corrected chi connectivity index (χ1v) is 8.93. The molecule has 1 aromatic carbocycles. The Morgan fingerprint density at radius 3 is 2.05 bits per heavy atom. The molecule has 21 heavy (non-hydrogen) atoms. The lowest BCUT2D eigenvalue weighted by Crippen LogP contribution is -2.41. The number of hydrogen-bond donors (Lipinski definition) is 1. The summed E-state index contributed by atoms with van der Waals surface area (Å²) in [5, 5.41) is 3.51. The average molecular weight is 422 g/mol. The van der Waals surface area contributed by atoms with E-state index in [0.717, 1.165) is 34.3 Å². The van der Waals surface area contributed by atoms with E-state index in [-0.39, 0.29) is 0 Å². The monoisotopic (exact) mass is 420 g/mol. The lowest BCUT2D eigenvalue weighted by atomic mass is 10.2. The molecule has 1 rings (SSSR count). The zero-order valence-electron chi connectivity index (χ0n) is 13.5. The predicted octanol–water partition coefficient (Wildman–Crippen LogP) is 4.43. The Bertz CT molecular complexity index is 419. The van der Waals surface area contributed by atoms with Crippen LogP contribution in [-0.2, 0) is 6.54 Å². The molecule has 0 aromatic heterocycles. The van der Waals surface area contributed by atoms with Gasteiger partial charge in [-0.3, -0.25) is 4.90 Å². The summed E-state index contributed by atoms with van der Waals surface area (Å²) in [5.41, 5.74) is 1.23. The summed E-state index contributed by atoms with van der Waals surface area (Å²) in [6, 6.07) is 5.35. The van der Waals surface area contributed by atoms with Crippen molar-refractivity contribution in [2.75, 3.05) is 20.2 Å². The van der Waals surface area contributed by atoms with Crippen LogP contribution in [0.1, 0.15) is 33.3 Å². The van der Waals surface area contributed by atoms with E-state index in [1.165, 1.54) is 5.56 Å². The van der Waals surface area contributed by atoms with Crippen molar-refractivity contribution in [3.05, 3.63) is 26.6 Å². The Hall–Kier alpha value is -0.100. The van der Waals surface area contributed by atoms with E-state index in [4.69, 9.17) is 4.74 Å². The minimum atomic E-state index is 0.580. The highest BCUT2D eigenvalue weighted by Gasteiger charge is 2.12. The third-order valence-electron chi connectivity index (χ3n) is 3.46. The average Bonchev–Trinajstić information content (AvgIpc) is 2.37. The summed E-state index contributed by atoms with van der Waals surface area (Å²) in [4.78, 5) is 2.49. The fourth-order valence-electron chi connectivity index (χ4n) is 2.46. The van der Waals surface area contributed by atoms with Crippen LogP contribution in [0.15, 0.2) is 21.1 Å². The minimum absolute atomic E-state index is 0.580. The molecule has 120 valence electrons. The maximum Gasteiger partial charge on any atom is 0.147 e. The van der Waals surface area contributed by atoms with Gasteiger partial charge in [0.2, 0.25) is 0 Å². The molecule has 5 heteroatoms. The van der Waals surface area contributed by atoms with E-state index in [9.17, 15) is 0 Å². The number of nitrogens with one attached hydrogen (secondary N) is 1. The van der Waals surface area contributed by atoms with Gasteiger partial charge in [-0.15, -0.1) is 0 Å². The van der Waals surface area contributed by atoms with Crippen LogP contribution in [0.2, 0.25) is 0 Å². The molecule has 0 fully saturated rings. The molecule has 0 amide bonds. The summed E-state index contributed by atoms with van der Waals surface area (Å²) >= 11 is 7.07. The summed E-state index contributed by atoms with van der Waals surface area (Å²) in [6.45, 7) is 11.9. The van der Waals surface area contributed by atoms with Gasteiger partial charge in [-0.2, -0.15) is 0 Å². The second-order valence-corrected chi connectivity index (χ2v) is 7.40. The van der Waals surface area contributed by atoms with Gasteiger partial charge in [0.05, 0.1) is 16.1 Å². The van der Waals surface area contributed by atoms with Crippen molar-refractivity contribution in [1.82, 2.24) is 10.2 Å². The lowest BCUT2D eigenvalue weighted by Gasteiger charge is -2.30. The Labute approximate surface area is 145 Å². The molecule has 1 aromatic rings. The highest BCUT2D eigenvalue weighted by atomic mass is 79.9. The highest BCUT2D eigenvalue weighted by molar-refractivity contribution is 9.11. The van der Waals surface area contributed by atoms with E-state index in [1.807, 2.05) is 0 Å². The fourth-order valence-corrected chi connectivity index (χ4v) is 4.07. The maximum atomic E-state index is 5.32. The third kappa shape index (κ3) is 5.89. The van der Waals surface area contributed by atoms with Gasteiger partial charge in [0.15, 0.2) is 0 Å². The third-order valence-corrected chi connectivity index (χ3v) is 4.64. The largest absolute Gasteiger partial charge is 0.494 e. The molecule has 0 radical (unpaired) electrons. The second-order valence-electron chi connectivity index (χ2n) is 5.69. The van der Waals surface area contributed by atoms with E-state index in [0.29, 0.717) is 12.1 Å². The number of nitrogens with zero attached hydrogens (tertiary/aromatic N) is 1. The molecule has 0 aliphatic rings. The highest BCUT2D eigenvalue weighted by Crippen LogP contribution is 2.34. The molecule has 0 aliphatic heterocycles. The molecular formula is C16H26Br2N2O. The Morgan fingerprint density at radius 2 is 1.62 bits per heavy atom. The molecule has 1 N–H and O–H groups in total. The summed E-state index contributed by atoms with van der Waals surface area (Å²) in [7, 11) is 1.68. The Balaban J connectivity index is 2.50. The van der Waals surface area contributed by atoms with Gasteiger partial charge in [0.1, 0.15) is 5.75 Å². The lowest BCUT2D eigenvalue weighted by molar-refractivity contribution is 0.176. The van der Waals surface area contributed by atoms with Crippen LogP contribution in [0.25, 0.3) is 0 Å². The molecule has 0 aliphatic carbocycles. The molecule has 0 heterocycles. The first kappa shape index (κ1) is 18.9. The zero-order valence-corrected chi connectivity index (χ0v) is 16.7. The number of methoxy groups -OCH3 is 1. The molecule has 0 bridgehead atoms. The van der Waals surface area contributed by atoms with Gasteiger partial charge in [-0.1, -0.05) is 0 Å². The van der Waals surface area contributed by atoms with Crippen LogP contribution in [0.4, 0.5) is 0 Å². The normalized spacial score (nSPS) is 11.7. The standard InChI is InChI=1S/C16H26Br2N2O/c1-11(2)20(12(3)4)7-6-19-10-13-8-14(17)16(21-5)15(18)9-13/h8-9,11-12,19H,6-7,10H2,1-5H3. The molecule has 0 unspecified atom stereocenters. The summed E-state index contributed by atoms with van der Waals surface area (Å²) in [6.07, 6.45) is 0. The van der Waals surface area contributed by atoms with Crippen LogP contribution in [0.5, 0.6) is 5.75 Å². The van der Waals surface area contributed by atoms with Crippen LogP contribution in [0, 0.1) is 0 Å². The van der Waals surface area contributed by atoms with Gasteiger partial charge >= 0.3 is 0 Å². The predicted molar refractivity (Wildman–Crippen MR) is 97.1 cm³/mol. The number of hydrogen-bond acceptors (Lipinski definition) is 3. The first-order valence-electron chi connectivity index (χ1n) is 7.35.